The van der Waals surface area contributed by atoms with Crippen LogP contribution in [0.5, 0.6) is 0 Å². The summed E-state index contributed by atoms with van der Waals surface area (Å²) in [5.41, 5.74) is 2.24. The SMILES string of the molecule is COC(=O)/C=C1/C(=O)N2C(C(=O)OC(c3ccccc3)c3ccccc3)=C(COC(C)=O)CS[C@H]12. The van der Waals surface area contributed by atoms with E-state index in [-0.39, 0.29) is 17.9 Å². The van der Waals surface area contributed by atoms with Crippen LogP contribution in [-0.4, -0.2) is 53.6 Å². The smallest absolute Gasteiger partial charge is 0.356 e. The Bertz CT molecular complexity index is 1170. The highest BCUT2D eigenvalue weighted by Crippen LogP contribution is 2.44. The number of carbonyl (C=O) groups excluding carboxylic acids is 4. The van der Waals surface area contributed by atoms with Gasteiger partial charge < -0.3 is 14.2 Å². The van der Waals surface area contributed by atoms with Crippen molar-refractivity contribution in [1.82, 2.24) is 4.90 Å². The van der Waals surface area contributed by atoms with Crippen LogP contribution in [0.2, 0.25) is 0 Å². The fourth-order valence-electron chi connectivity index (χ4n) is 3.83. The van der Waals surface area contributed by atoms with Gasteiger partial charge in [0.15, 0.2) is 6.10 Å². The zero-order chi connectivity index (χ0) is 24.9. The number of esters is 3. The van der Waals surface area contributed by atoms with Gasteiger partial charge in [0.25, 0.3) is 5.91 Å². The van der Waals surface area contributed by atoms with Gasteiger partial charge in [0.2, 0.25) is 0 Å². The third-order valence-corrected chi connectivity index (χ3v) is 6.80. The van der Waals surface area contributed by atoms with E-state index in [1.807, 2.05) is 60.7 Å². The minimum atomic E-state index is -0.722. The quantitative estimate of drug-likeness (QED) is 0.251. The number of rotatable bonds is 7. The molecule has 1 saturated heterocycles. The molecule has 1 fully saturated rings. The average Bonchev–Trinajstić information content (AvgIpc) is 2.89. The van der Waals surface area contributed by atoms with E-state index in [1.165, 1.54) is 30.7 Å². The van der Waals surface area contributed by atoms with E-state index in [0.29, 0.717) is 11.3 Å². The van der Waals surface area contributed by atoms with E-state index in [0.717, 1.165) is 17.2 Å². The summed E-state index contributed by atoms with van der Waals surface area (Å²) in [4.78, 5) is 51.0. The molecule has 1 amide bonds. The summed E-state index contributed by atoms with van der Waals surface area (Å²) < 4.78 is 15.8. The summed E-state index contributed by atoms with van der Waals surface area (Å²) in [5.74, 6) is -2.08. The minimum Gasteiger partial charge on any atom is -0.466 e. The Morgan fingerprint density at radius 3 is 2.20 bits per heavy atom. The second-order valence-corrected chi connectivity index (χ2v) is 8.87. The third kappa shape index (κ3) is 5.14. The van der Waals surface area contributed by atoms with Crippen molar-refractivity contribution in [1.29, 1.82) is 0 Å². The topological polar surface area (TPSA) is 99.2 Å². The van der Waals surface area contributed by atoms with E-state index >= 15 is 0 Å². The molecule has 2 aromatic rings. The van der Waals surface area contributed by atoms with E-state index in [1.54, 1.807) is 0 Å². The van der Waals surface area contributed by atoms with Gasteiger partial charge >= 0.3 is 17.9 Å². The van der Waals surface area contributed by atoms with Gasteiger partial charge in [-0.1, -0.05) is 60.7 Å². The predicted octanol–water partition coefficient (Wildman–Crippen LogP) is 3.15. The van der Waals surface area contributed by atoms with Crippen LogP contribution < -0.4 is 0 Å². The normalized spacial score (nSPS) is 18.1. The lowest BCUT2D eigenvalue weighted by atomic mass is 10.00. The first-order chi connectivity index (χ1) is 16.9. The Morgan fingerprint density at radius 1 is 1.06 bits per heavy atom. The van der Waals surface area contributed by atoms with Crippen molar-refractivity contribution in [2.45, 2.75) is 18.4 Å². The van der Waals surface area contributed by atoms with Crippen molar-refractivity contribution < 1.29 is 33.4 Å². The summed E-state index contributed by atoms with van der Waals surface area (Å²) in [5, 5.41) is -0.544. The highest BCUT2D eigenvalue weighted by Gasteiger charge is 2.50. The van der Waals surface area contributed by atoms with E-state index < -0.39 is 35.3 Å². The summed E-state index contributed by atoms with van der Waals surface area (Å²) in [7, 11) is 1.22. The number of amides is 1. The van der Waals surface area contributed by atoms with Crippen molar-refractivity contribution in [3.63, 3.8) is 0 Å². The molecule has 1 atom stereocenters. The third-order valence-electron chi connectivity index (χ3n) is 5.50. The first kappa shape index (κ1) is 24.3. The average molecular weight is 494 g/mol. The van der Waals surface area contributed by atoms with E-state index in [9.17, 15) is 19.2 Å². The van der Waals surface area contributed by atoms with Gasteiger partial charge in [0.05, 0.1) is 12.7 Å². The maximum atomic E-state index is 13.6. The highest BCUT2D eigenvalue weighted by atomic mass is 32.2. The molecule has 0 aromatic heterocycles. The van der Waals surface area contributed by atoms with Crippen LogP contribution in [-0.2, 0) is 33.4 Å². The number of β-lactam (4-membered cyclic amide) rings is 1. The highest BCUT2D eigenvalue weighted by molar-refractivity contribution is 8.00. The number of hydrogen-bond acceptors (Lipinski definition) is 8. The molecule has 2 aromatic carbocycles. The molecule has 0 saturated carbocycles. The number of ether oxygens (including phenoxy) is 3. The predicted molar refractivity (Wildman–Crippen MR) is 128 cm³/mol. The van der Waals surface area contributed by atoms with E-state index in [4.69, 9.17) is 9.47 Å². The van der Waals surface area contributed by atoms with Crippen LogP contribution >= 0.6 is 11.8 Å². The second-order valence-electron chi connectivity index (χ2n) is 7.80. The summed E-state index contributed by atoms with van der Waals surface area (Å²) >= 11 is 1.34. The number of hydrogen-bond donors (Lipinski definition) is 0. The van der Waals surface area contributed by atoms with Crippen molar-refractivity contribution in [2.75, 3.05) is 19.5 Å². The number of benzene rings is 2. The summed E-state index contributed by atoms with van der Waals surface area (Å²) in [6.45, 7) is 1.12. The first-order valence-corrected chi connectivity index (χ1v) is 11.9. The molecule has 2 aliphatic heterocycles. The van der Waals surface area contributed by atoms with Crippen LogP contribution in [0.25, 0.3) is 0 Å². The van der Waals surface area contributed by atoms with Gasteiger partial charge in [-0.3, -0.25) is 14.5 Å². The fourth-order valence-corrected chi connectivity index (χ4v) is 5.11. The number of methoxy groups -OCH3 is 1. The summed E-state index contributed by atoms with van der Waals surface area (Å²) in [6, 6.07) is 18.5. The standard InChI is InChI=1S/C26H23NO7S/c1-16(28)33-14-19-15-35-25-20(13-21(29)32-2)24(30)27(25)22(19)26(31)34-23(17-9-5-3-6-10-17)18-11-7-4-8-12-18/h3-13,23,25H,14-15H2,1-2H3/b20-13-/t25-/m1/s1. The monoisotopic (exact) mass is 493 g/mol. The summed E-state index contributed by atoms with van der Waals surface area (Å²) in [6.07, 6.45) is 0.412. The molecule has 180 valence electrons. The molecule has 9 heteroatoms. The lowest BCUT2D eigenvalue weighted by Crippen LogP contribution is -2.57. The number of fused-ring (bicyclic) bond motifs is 1. The van der Waals surface area contributed by atoms with Gasteiger partial charge in [-0.15, -0.1) is 11.8 Å². The zero-order valence-electron chi connectivity index (χ0n) is 19.1. The second kappa shape index (κ2) is 10.6. The first-order valence-electron chi connectivity index (χ1n) is 10.8. The van der Waals surface area contributed by atoms with E-state index in [2.05, 4.69) is 4.74 Å². The van der Waals surface area contributed by atoms with Gasteiger partial charge in [-0.2, -0.15) is 0 Å². The number of nitrogens with zero attached hydrogens (tertiary/aromatic N) is 1. The van der Waals surface area contributed by atoms with Crippen LogP contribution in [0, 0.1) is 0 Å². The molecule has 4 rings (SSSR count). The molecule has 2 aliphatic rings. The Kier molecular flexibility index (Phi) is 7.36. The van der Waals surface area contributed by atoms with Crippen LogP contribution in [0.1, 0.15) is 24.2 Å². The maximum Gasteiger partial charge on any atom is 0.356 e. The van der Waals surface area contributed by atoms with Crippen molar-refractivity contribution in [3.8, 4) is 0 Å². The zero-order valence-corrected chi connectivity index (χ0v) is 19.9. The molecule has 35 heavy (non-hydrogen) atoms. The van der Waals surface area contributed by atoms with Gasteiger partial charge in [0.1, 0.15) is 17.7 Å². The van der Waals surface area contributed by atoms with Crippen LogP contribution in [0.3, 0.4) is 0 Å². The number of carbonyl (C=O) groups is 4. The van der Waals surface area contributed by atoms with Gasteiger partial charge in [-0.25, -0.2) is 9.59 Å². The van der Waals surface area contributed by atoms with Gasteiger partial charge in [0, 0.05) is 24.3 Å². The lowest BCUT2D eigenvalue weighted by molar-refractivity contribution is -0.149. The lowest BCUT2D eigenvalue weighted by Gasteiger charge is -2.46. The van der Waals surface area contributed by atoms with Crippen LogP contribution in [0.15, 0.2) is 83.6 Å². The van der Waals surface area contributed by atoms with Crippen molar-refractivity contribution >= 4 is 35.6 Å². The Balaban J connectivity index is 1.69. The molecular weight excluding hydrogens is 470 g/mol. The van der Waals surface area contributed by atoms with Crippen LogP contribution in [0.4, 0.5) is 0 Å². The molecule has 0 N–H and O–H groups in total. The molecular formula is C26H23NO7S. The molecule has 0 radical (unpaired) electrons. The maximum absolute atomic E-state index is 13.6. The van der Waals surface area contributed by atoms with Gasteiger partial charge in [-0.05, 0) is 11.1 Å². The van der Waals surface area contributed by atoms with Crippen molar-refractivity contribution in [3.05, 3.63) is 94.7 Å². The Morgan fingerprint density at radius 2 is 1.66 bits per heavy atom. The largest absolute Gasteiger partial charge is 0.466 e. The molecule has 8 nitrogen and oxygen atoms in total. The number of thioether (sulfide) groups is 1. The molecule has 0 bridgehead atoms. The molecule has 0 aliphatic carbocycles. The van der Waals surface area contributed by atoms with Crippen molar-refractivity contribution in [2.24, 2.45) is 0 Å². The minimum absolute atomic E-state index is 0.0267. The molecule has 0 unspecified atom stereocenters. The fraction of sp³-hybridized carbons (Fsp3) is 0.231. The Labute approximate surface area is 206 Å². The Hall–Kier alpha value is -3.85. The molecule has 2 heterocycles. The molecule has 0 spiro atoms.